The van der Waals surface area contributed by atoms with Gasteiger partial charge in [0.15, 0.2) is 0 Å². The van der Waals surface area contributed by atoms with Crippen molar-refractivity contribution in [3.8, 4) is 0 Å². The van der Waals surface area contributed by atoms with Crippen LogP contribution in [0.25, 0.3) is 0 Å². The van der Waals surface area contributed by atoms with E-state index in [1.807, 2.05) is 0 Å². The molecule has 2 rings (SSSR count). The van der Waals surface area contributed by atoms with Crippen LogP contribution in [0.3, 0.4) is 0 Å². The molecule has 0 amide bonds. The first-order chi connectivity index (χ1) is 9.92. The van der Waals surface area contributed by atoms with Crippen LogP contribution in [0.4, 0.5) is 0 Å². The van der Waals surface area contributed by atoms with Crippen molar-refractivity contribution in [3.05, 3.63) is 0 Å². The Labute approximate surface area is 130 Å². The topological polar surface area (TPSA) is 39.8 Å². The van der Waals surface area contributed by atoms with Crippen LogP contribution < -0.4 is 10.6 Å². The molecule has 5 heteroatoms. The molecule has 0 aromatic rings. The van der Waals surface area contributed by atoms with Crippen molar-refractivity contribution in [2.45, 2.75) is 38.8 Å². The number of ether oxygens (including phenoxy) is 1. The predicted octanol–water partition coefficient (Wildman–Crippen LogP) is 0.371. The molecular formula is C16H34N4O. The van der Waals surface area contributed by atoms with E-state index in [-0.39, 0.29) is 11.1 Å². The number of hydrogen-bond donors (Lipinski definition) is 2. The fourth-order valence-electron chi connectivity index (χ4n) is 3.33. The van der Waals surface area contributed by atoms with E-state index in [4.69, 9.17) is 4.74 Å². The van der Waals surface area contributed by atoms with Crippen LogP contribution in [0.1, 0.15) is 27.7 Å². The standard InChI is InChI=1S/C16H34N4O/c1-15(2)13-17-5-7-19(15)9-11-21-12-10-20-8-6-18-14-16(20,3)4/h17-18H,5-14H2,1-4H3. The molecule has 0 bridgehead atoms. The third-order valence-corrected chi connectivity index (χ3v) is 4.96. The molecule has 2 fully saturated rings. The lowest BCUT2D eigenvalue weighted by atomic mass is 10.0. The van der Waals surface area contributed by atoms with Gasteiger partial charge in [0.2, 0.25) is 0 Å². The summed E-state index contributed by atoms with van der Waals surface area (Å²) in [7, 11) is 0. The maximum absolute atomic E-state index is 5.90. The summed E-state index contributed by atoms with van der Waals surface area (Å²) in [6.45, 7) is 19.6. The van der Waals surface area contributed by atoms with Crippen LogP contribution in [0.5, 0.6) is 0 Å². The van der Waals surface area contributed by atoms with E-state index in [9.17, 15) is 0 Å². The predicted molar refractivity (Wildman–Crippen MR) is 87.9 cm³/mol. The maximum atomic E-state index is 5.90. The van der Waals surface area contributed by atoms with Crippen LogP contribution in [0, 0.1) is 0 Å². The van der Waals surface area contributed by atoms with Crippen LogP contribution in [-0.4, -0.2) is 86.4 Å². The molecule has 0 radical (unpaired) electrons. The zero-order valence-corrected chi connectivity index (χ0v) is 14.4. The molecule has 2 aliphatic rings. The van der Waals surface area contributed by atoms with E-state index in [2.05, 4.69) is 48.1 Å². The van der Waals surface area contributed by atoms with Crippen molar-refractivity contribution in [3.63, 3.8) is 0 Å². The van der Waals surface area contributed by atoms with E-state index in [1.165, 1.54) is 0 Å². The van der Waals surface area contributed by atoms with Gasteiger partial charge in [0.1, 0.15) is 0 Å². The number of hydrogen-bond acceptors (Lipinski definition) is 5. The van der Waals surface area contributed by atoms with Crippen molar-refractivity contribution in [2.75, 3.05) is 65.6 Å². The molecule has 2 saturated heterocycles. The maximum Gasteiger partial charge on any atom is 0.0594 e. The fourth-order valence-corrected chi connectivity index (χ4v) is 3.33. The number of rotatable bonds is 6. The largest absolute Gasteiger partial charge is 0.379 e. The summed E-state index contributed by atoms with van der Waals surface area (Å²) in [5.74, 6) is 0. The highest BCUT2D eigenvalue weighted by molar-refractivity contribution is 4.89. The highest BCUT2D eigenvalue weighted by atomic mass is 16.5. The lowest BCUT2D eigenvalue weighted by Crippen LogP contribution is -2.59. The summed E-state index contributed by atoms with van der Waals surface area (Å²) in [5, 5.41) is 6.93. The molecule has 0 saturated carbocycles. The zero-order chi connectivity index (χ0) is 15.3. The van der Waals surface area contributed by atoms with Gasteiger partial charge in [0.25, 0.3) is 0 Å². The molecular weight excluding hydrogens is 264 g/mol. The summed E-state index contributed by atoms with van der Waals surface area (Å²) >= 11 is 0. The Morgan fingerprint density at radius 3 is 1.62 bits per heavy atom. The third-order valence-electron chi connectivity index (χ3n) is 4.96. The molecule has 0 unspecified atom stereocenters. The zero-order valence-electron chi connectivity index (χ0n) is 14.4. The number of nitrogens with one attached hydrogen (secondary N) is 2. The van der Waals surface area contributed by atoms with Gasteiger partial charge in [-0.05, 0) is 27.7 Å². The van der Waals surface area contributed by atoms with Gasteiger partial charge in [-0.15, -0.1) is 0 Å². The van der Waals surface area contributed by atoms with Crippen LogP contribution in [0.15, 0.2) is 0 Å². The van der Waals surface area contributed by atoms with Crippen molar-refractivity contribution >= 4 is 0 Å². The second-order valence-corrected chi connectivity index (χ2v) is 7.56. The van der Waals surface area contributed by atoms with Gasteiger partial charge in [-0.3, -0.25) is 9.80 Å². The monoisotopic (exact) mass is 298 g/mol. The molecule has 0 spiro atoms. The molecule has 5 nitrogen and oxygen atoms in total. The van der Waals surface area contributed by atoms with Gasteiger partial charge in [0.05, 0.1) is 13.2 Å². The van der Waals surface area contributed by atoms with Crippen LogP contribution in [-0.2, 0) is 4.74 Å². The summed E-state index contributed by atoms with van der Waals surface area (Å²) in [6, 6.07) is 0. The fraction of sp³-hybridized carbons (Fsp3) is 1.00. The average molecular weight is 298 g/mol. The van der Waals surface area contributed by atoms with E-state index >= 15 is 0 Å². The van der Waals surface area contributed by atoms with Gasteiger partial charge in [0, 0.05) is 63.4 Å². The highest BCUT2D eigenvalue weighted by Gasteiger charge is 2.30. The molecule has 124 valence electrons. The SMILES string of the molecule is CC1(C)CNCCN1CCOCCN1CCNCC1(C)C. The van der Waals surface area contributed by atoms with Gasteiger partial charge in [-0.25, -0.2) is 0 Å². The molecule has 0 aromatic heterocycles. The Bertz CT molecular complexity index is 289. The number of nitrogens with zero attached hydrogens (tertiary/aromatic N) is 2. The first-order valence-electron chi connectivity index (χ1n) is 8.41. The molecule has 21 heavy (non-hydrogen) atoms. The Hall–Kier alpha value is -0.200. The first-order valence-corrected chi connectivity index (χ1v) is 8.41. The second-order valence-electron chi connectivity index (χ2n) is 7.56. The van der Waals surface area contributed by atoms with Gasteiger partial charge in [-0.2, -0.15) is 0 Å². The number of piperazine rings is 2. The summed E-state index contributed by atoms with van der Waals surface area (Å²) in [5.41, 5.74) is 0.504. The summed E-state index contributed by atoms with van der Waals surface area (Å²) in [4.78, 5) is 5.08. The summed E-state index contributed by atoms with van der Waals surface area (Å²) in [6.07, 6.45) is 0. The third kappa shape index (κ3) is 4.89. The van der Waals surface area contributed by atoms with Crippen LogP contribution in [0.2, 0.25) is 0 Å². The second kappa shape index (κ2) is 7.38. The molecule has 0 aliphatic carbocycles. The normalized spacial score (nSPS) is 26.9. The lowest BCUT2D eigenvalue weighted by molar-refractivity contribution is 0.0180. The van der Waals surface area contributed by atoms with E-state index < -0.39 is 0 Å². The van der Waals surface area contributed by atoms with Crippen LogP contribution >= 0.6 is 0 Å². The Morgan fingerprint density at radius 1 is 0.810 bits per heavy atom. The molecule has 0 atom stereocenters. The van der Waals surface area contributed by atoms with Crippen molar-refractivity contribution in [1.29, 1.82) is 0 Å². The Kier molecular flexibility index (Phi) is 6.03. The van der Waals surface area contributed by atoms with Gasteiger partial charge in [-0.1, -0.05) is 0 Å². The van der Waals surface area contributed by atoms with Crippen molar-refractivity contribution < 1.29 is 4.74 Å². The first kappa shape index (κ1) is 17.2. The molecule has 2 aliphatic heterocycles. The van der Waals surface area contributed by atoms with Gasteiger partial charge >= 0.3 is 0 Å². The summed E-state index contributed by atoms with van der Waals surface area (Å²) < 4.78 is 5.90. The Morgan fingerprint density at radius 2 is 1.24 bits per heavy atom. The van der Waals surface area contributed by atoms with E-state index in [0.29, 0.717) is 0 Å². The minimum Gasteiger partial charge on any atom is -0.379 e. The molecule has 2 N–H and O–H groups in total. The minimum atomic E-state index is 0.252. The minimum absolute atomic E-state index is 0.252. The van der Waals surface area contributed by atoms with E-state index in [1.54, 1.807) is 0 Å². The van der Waals surface area contributed by atoms with Gasteiger partial charge < -0.3 is 15.4 Å². The van der Waals surface area contributed by atoms with Crippen molar-refractivity contribution in [2.24, 2.45) is 0 Å². The smallest absolute Gasteiger partial charge is 0.0594 e. The molecule has 2 heterocycles. The lowest BCUT2D eigenvalue weighted by Gasteiger charge is -2.43. The van der Waals surface area contributed by atoms with Crippen molar-refractivity contribution in [1.82, 2.24) is 20.4 Å². The molecule has 0 aromatic carbocycles. The highest BCUT2D eigenvalue weighted by Crippen LogP contribution is 2.16. The average Bonchev–Trinajstić information content (AvgIpc) is 2.41. The van der Waals surface area contributed by atoms with E-state index in [0.717, 1.165) is 65.6 Å². The Balaban J connectivity index is 1.61. The quantitative estimate of drug-likeness (QED) is 0.694.